The molecule has 1 aliphatic heterocycles. The van der Waals surface area contributed by atoms with Gasteiger partial charge in [-0.3, -0.25) is 10.1 Å². The Bertz CT molecular complexity index is 310. The highest BCUT2D eigenvalue weighted by Gasteiger charge is 2.27. The van der Waals surface area contributed by atoms with Gasteiger partial charge in [0.25, 0.3) is 0 Å². The number of carbonyl (C=O) groups is 1. The summed E-state index contributed by atoms with van der Waals surface area (Å²) in [5, 5.41) is 8.34. The first kappa shape index (κ1) is 9.68. The summed E-state index contributed by atoms with van der Waals surface area (Å²) < 4.78 is 0. The van der Waals surface area contributed by atoms with Crippen LogP contribution in [-0.2, 0) is 4.79 Å². The molecule has 2 rings (SSSR count). The van der Waals surface area contributed by atoms with Crippen molar-refractivity contribution in [2.45, 2.75) is 25.4 Å². The second kappa shape index (κ2) is 4.11. The number of thiophene rings is 1. The standard InChI is InChI=1S/C10H14N2OS/c1-2-7-10(13)11-6-8(12-7)9-4-3-5-14-9/h3-5,7-8,12H,2,6H2,1H3,(H,11,13). The number of nitrogens with one attached hydrogen (secondary N) is 2. The minimum Gasteiger partial charge on any atom is -0.353 e. The van der Waals surface area contributed by atoms with Crippen molar-refractivity contribution >= 4 is 17.2 Å². The van der Waals surface area contributed by atoms with Gasteiger partial charge in [0, 0.05) is 11.4 Å². The highest BCUT2D eigenvalue weighted by Crippen LogP contribution is 2.21. The third-order valence-electron chi connectivity index (χ3n) is 2.49. The fourth-order valence-electron chi connectivity index (χ4n) is 1.68. The van der Waals surface area contributed by atoms with Gasteiger partial charge < -0.3 is 5.32 Å². The van der Waals surface area contributed by atoms with E-state index in [1.54, 1.807) is 11.3 Å². The van der Waals surface area contributed by atoms with Crippen LogP contribution in [0.2, 0.25) is 0 Å². The second-order valence-corrected chi connectivity index (χ2v) is 4.42. The molecule has 76 valence electrons. The summed E-state index contributed by atoms with van der Waals surface area (Å²) in [6.07, 6.45) is 0.841. The van der Waals surface area contributed by atoms with E-state index in [2.05, 4.69) is 22.1 Å². The number of piperazine rings is 1. The van der Waals surface area contributed by atoms with Gasteiger partial charge in [-0.05, 0) is 17.9 Å². The molecule has 2 atom stereocenters. The van der Waals surface area contributed by atoms with Crippen molar-refractivity contribution in [3.8, 4) is 0 Å². The molecule has 1 aromatic rings. The predicted molar refractivity (Wildman–Crippen MR) is 57.3 cm³/mol. The van der Waals surface area contributed by atoms with Crippen LogP contribution in [0.25, 0.3) is 0 Å². The lowest BCUT2D eigenvalue weighted by molar-refractivity contribution is -0.125. The first-order valence-electron chi connectivity index (χ1n) is 4.88. The van der Waals surface area contributed by atoms with E-state index in [-0.39, 0.29) is 18.0 Å². The summed E-state index contributed by atoms with van der Waals surface area (Å²) >= 11 is 1.73. The molecule has 0 aromatic carbocycles. The Kier molecular flexibility index (Phi) is 2.84. The summed E-state index contributed by atoms with van der Waals surface area (Å²) in [6.45, 7) is 2.73. The maximum atomic E-state index is 11.4. The Morgan fingerprint density at radius 2 is 2.50 bits per heavy atom. The summed E-state index contributed by atoms with van der Waals surface area (Å²) in [7, 11) is 0. The van der Waals surface area contributed by atoms with E-state index in [0.29, 0.717) is 6.54 Å². The Morgan fingerprint density at radius 1 is 1.64 bits per heavy atom. The maximum Gasteiger partial charge on any atom is 0.237 e. The zero-order valence-corrected chi connectivity index (χ0v) is 8.93. The molecule has 0 bridgehead atoms. The minimum absolute atomic E-state index is 0.0316. The van der Waals surface area contributed by atoms with Crippen molar-refractivity contribution in [1.29, 1.82) is 0 Å². The van der Waals surface area contributed by atoms with Crippen LogP contribution in [0.4, 0.5) is 0 Å². The van der Waals surface area contributed by atoms with E-state index in [0.717, 1.165) is 6.42 Å². The zero-order chi connectivity index (χ0) is 9.97. The molecule has 0 saturated carbocycles. The molecule has 1 aromatic heterocycles. The molecule has 0 spiro atoms. The van der Waals surface area contributed by atoms with Crippen LogP contribution in [0.15, 0.2) is 17.5 Å². The molecular weight excluding hydrogens is 196 g/mol. The van der Waals surface area contributed by atoms with Crippen LogP contribution in [0.5, 0.6) is 0 Å². The lowest BCUT2D eigenvalue weighted by Crippen LogP contribution is -2.53. The smallest absolute Gasteiger partial charge is 0.237 e. The fourth-order valence-corrected chi connectivity index (χ4v) is 2.47. The molecule has 0 radical (unpaired) electrons. The normalized spacial score (nSPS) is 27.4. The molecule has 2 heterocycles. The molecule has 1 saturated heterocycles. The molecule has 1 amide bonds. The Morgan fingerprint density at radius 3 is 3.14 bits per heavy atom. The number of carbonyl (C=O) groups excluding carboxylic acids is 1. The number of hydrogen-bond acceptors (Lipinski definition) is 3. The maximum absolute atomic E-state index is 11.4. The van der Waals surface area contributed by atoms with E-state index in [1.807, 2.05) is 13.0 Å². The van der Waals surface area contributed by atoms with E-state index in [1.165, 1.54) is 4.88 Å². The molecule has 1 fully saturated rings. The van der Waals surface area contributed by atoms with Gasteiger partial charge in [-0.2, -0.15) is 0 Å². The summed E-state index contributed by atoms with van der Waals surface area (Å²) in [4.78, 5) is 12.7. The molecule has 0 aliphatic carbocycles. The predicted octanol–water partition coefficient (Wildman–Crippen LogP) is 1.29. The first-order chi connectivity index (χ1) is 6.81. The topological polar surface area (TPSA) is 41.1 Å². The summed E-state index contributed by atoms with van der Waals surface area (Å²) in [5.41, 5.74) is 0. The van der Waals surface area contributed by atoms with E-state index < -0.39 is 0 Å². The number of amides is 1. The van der Waals surface area contributed by atoms with Gasteiger partial charge in [0.2, 0.25) is 5.91 Å². The average molecular weight is 210 g/mol. The SMILES string of the molecule is CCC1NC(c2cccs2)CNC1=O. The van der Waals surface area contributed by atoms with Gasteiger partial charge in [-0.15, -0.1) is 11.3 Å². The van der Waals surface area contributed by atoms with Gasteiger partial charge in [0.15, 0.2) is 0 Å². The van der Waals surface area contributed by atoms with Crippen molar-refractivity contribution in [2.75, 3.05) is 6.54 Å². The first-order valence-corrected chi connectivity index (χ1v) is 5.76. The van der Waals surface area contributed by atoms with E-state index >= 15 is 0 Å². The Hall–Kier alpha value is -0.870. The lowest BCUT2D eigenvalue weighted by atomic mass is 10.1. The zero-order valence-electron chi connectivity index (χ0n) is 8.12. The lowest BCUT2D eigenvalue weighted by Gasteiger charge is -2.29. The van der Waals surface area contributed by atoms with Crippen molar-refractivity contribution in [3.05, 3.63) is 22.4 Å². The van der Waals surface area contributed by atoms with Crippen LogP contribution < -0.4 is 10.6 Å². The van der Waals surface area contributed by atoms with Crippen LogP contribution in [0.3, 0.4) is 0 Å². The second-order valence-electron chi connectivity index (χ2n) is 3.44. The molecule has 3 nitrogen and oxygen atoms in total. The van der Waals surface area contributed by atoms with Gasteiger partial charge in [-0.1, -0.05) is 13.0 Å². The largest absolute Gasteiger partial charge is 0.353 e. The van der Waals surface area contributed by atoms with E-state index in [9.17, 15) is 4.79 Å². The van der Waals surface area contributed by atoms with Crippen LogP contribution >= 0.6 is 11.3 Å². The molecule has 4 heteroatoms. The van der Waals surface area contributed by atoms with E-state index in [4.69, 9.17) is 0 Å². The molecule has 2 unspecified atom stereocenters. The van der Waals surface area contributed by atoms with Crippen molar-refractivity contribution in [1.82, 2.24) is 10.6 Å². The van der Waals surface area contributed by atoms with Gasteiger partial charge in [0.1, 0.15) is 0 Å². The van der Waals surface area contributed by atoms with Crippen molar-refractivity contribution in [3.63, 3.8) is 0 Å². The monoisotopic (exact) mass is 210 g/mol. The van der Waals surface area contributed by atoms with Crippen LogP contribution in [0, 0.1) is 0 Å². The highest BCUT2D eigenvalue weighted by molar-refractivity contribution is 7.10. The van der Waals surface area contributed by atoms with Gasteiger partial charge in [0.05, 0.1) is 12.1 Å². The summed E-state index contributed by atoms with van der Waals surface area (Å²) in [5.74, 6) is 0.125. The third kappa shape index (κ3) is 1.81. The number of rotatable bonds is 2. The highest BCUT2D eigenvalue weighted by atomic mass is 32.1. The van der Waals surface area contributed by atoms with Gasteiger partial charge >= 0.3 is 0 Å². The third-order valence-corrected chi connectivity index (χ3v) is 3.48. The quantitative estimate of drug-likeness (QED) is 0.772. The Labute approximate surface area is 87.5 Å². The van der Waals surface area contributed by atoms with Gasteiger partial charge in [-0.25, -0.2) is 0 Å². The molecule has 1 aliphatic rings. The molecule has 2 N–H and O–H groups in total. The van der Waals surface area contributed by atoms with Crippen LogP contribution in [0.1, 0.15) is 24.3 Å². The van der Waals surface area contributed by atoms with Crippen LogP contribution in [-0.4, -0.2) is 18.5 Å². The molecule has 14 heavy (non-hydrogen) atoms. The average Bonchev–Trinajstić information content (AvgIpc) is 2.71. The molecular formula is C10H14N2OS. The minimum atomic E-state index is -0.0316. The fraction of sp³-hybridized carbons (Fsp3) is 0.500. The Balaban J connectivity index is 2.06. The summed E-state index contributed by atoms with van der Waals surface area (Å²) in [6, 6.07) is 4.40. The van der Waals surface area contributed by atoms with Crippen molar-refractivity contribution < 1.29 is 4.79 Å². The van der Waals surface area contributed by atoms with Crippen molar-refractivity contribution in [2.24, 2.45) is 0 Å². The number of hydrogen-bond donors (Lipinski definition) is 2.